The SMILES string of the molecule is COc1cc(CC(C)=O)ccc1Oc1cc(CC(C)=O)cc(OC)c1OC. The number of hydrogen-bond acceptors (Lipinski definition) is 6. The average molecular weight is 372 g/mol. The van der Waals surface area contributed by atoms with E-state index in [4.69, 9.17) is 18.9 Å². The first-order chi connectivity index (χ1) is 12.9. The molecule has 144 valence electrons. The van der Waals surface area contributed by atoms with Gasteiger partial charge in [-0.05, 0) is 49.2 Å². The zero-order valence-corrected chi connectivity index (χ0v) is 16.3. The Morgan fingerprint density at radius 3 is 1.81 bits per heavy atom. The maximum atomic E-state index is 11.5. The first-order valence-corrected chi connectivity index (χ1v) is 8.46. The highest BCUT2D eigenvalue weighted by Crippen LogP contribution is 2.43. The van der Waals surface area contributed by atoms with Crippen molar-refractivity contribution in [2.24, 2.45) is 0 Å². The van der Waals surface area contributed by atoms with Gasteiger partial charge in [-0.2, -0.15) is 0 Å². The van der Waals surface area contributed by atoms with E-state index in [1.165, 1.54) is 35.2 Å². The van der Waals surface area contributed by atoms with Crippen LogP contribution in [0.15, 0.2) is 30.3 Å². The molecule has 0 aromatic heterocycles. The van der Waals surface area contributed by atoms with Crippen LogP contribution in [0.2, 0.25) is 0 Å². The summed E-state index contributed by atoms with van der Waals surface area (Å²) < 4.78 is 22.2. The van der Waals surface area contributed by atoms with E-state index >= 15 is 0 Å². The number of ether oxygens (including phenoxy) is 4. The predicted octanol–water partition coefficient (Wildman–Crippen LogP) is 3.77. The summed E-state index contributed by atoms with van der Waals surface area (Å²) >= 11 is 0. The summed E-state index contributed by atoms with van der Waals surface area (Å²) in [7, 11) is 4.57. The summed E-state index contributed by atoms with van der Waals surface area (Å²) in [6.45, 7) is 3.06. The lowest BCUT2D eigenvalue weighted by atomic mass is 10.1. The molecule has 2 rings (SSSR count). The monoisotopic (exact) mass is 372 g/mol. The summed E-state index contributed by atoms with van der Waals surface area (Å²) in [5.41, 5.74) is 1.59. The number of hydrogen-bond donors (Lipinski definition) is 0. The van der Waals surface area contributed by atoms with Gasteiger partial charge in [0.2, 0.25) is 5.75 Å². The first-order valence-electron chi connectivity index (χ1n) is 8.46. The Hall–Kier alpha value is -3.02. The molecule has 6 heteroatoms. The van der Waals surface area contributed by atoms with Crippen LogP contribution >= 0.6 is 0 Å². The number of rotatable bonds is 9. The van der Waals surface area contributed by atoms with Crippen LogP contribution in [0, 0.1) is 0 Å². The van der Waals surface area contributed by atoms with Crippen LogP contribution in [0.5, 0.6) is 28.7 Å². The second-order valence-electron chi connectivity index (χ2n) is 6.17. The van der Waals surface area contributed by atoms with Gasteiger partial charge in [-0.25, -0.2) is 0 Å². The van der Waals surface area contributed by atoms with Crippen molar-refractivity contribution in [2.45, 2.75) is 26.7 Å². The van der Waals surface area contributed by atoms with Crippen molar-refractivity contribution >= 4 is 11.6 Å². The minimum atomic E-state index is 0.0272. The number of Topliss-reactive ketones (excluding diaryl/α,β-unsaturated/α-hetero) is 2. The van der Waals surface area contributed by atoms with Crippen LogP contribution in [0.4, 0.5) is 0 Å². The van der Waals surface area contributed by atoms with E-state index in [1.807, 2.05) is 6.07 Å². The molecule has 0 heterocycles. The minimum absolute atomic E-state index is 0.0272. The van der Waals surface area contributed by atoms with Gasteiger partial charge >= 0.3 is 0 Å². The molecule has 0 saturated carbocycles. The summed E-state index contributed by atoms with van der Waals surface area (Å²) in [6.07, 6.45) is 0.577. The van der Waals surface area contributed by atoms with Crippen molar-refractivity contribution < 1.29 is 28.5 Å². The Morgan fingerprint density at radius 1 is 0.704 bits per heavy atom. The van der Waals surface area contributed by atoms with Gasteiger partial charge in [0.15, 0.2) is 23.0 Å². The highest BCUT2D eigenvalue weighted by atomic mass is 16.5. The lowest BCUT2D eigenvalue weighted by Gasteiger charge is -2.17. The Morgan fingerprint density at radius 2 is 1.26 bits per heavy atom. The van der Waals surface area contributed by atoms with Crippen LogP contribution in [-0.2, 0) is 22.4 Å². The molecular formula is C21H24O6. The van der Waals surface area contributed by atoms with Crippen LogP contribution in [0.25, 0.3) is 0 Å². The van der Waals surface area contributed by atoms with Crippen molar-refractivity contribution in [3.05, 3.63) is 41.5 Å². The molecule has 0 aliphatic carbocycles. The van der Waals surface area contributed by atoms with Gasteiger partial charge in [-0.1, -0.05) is 6.07 Å². The van der Waals surface area contributed by atoms with Crippen LogP contribution < -0.4 is 18.9 Å². The van der Waals surface area contributed by atoms with Crippen LogP contribution in [0.1, 0.15) is 25.0 Å². The maximum absolute atomic E-state index is 11.5. The number of carbonyl (C=O) groups is 2. The smallest absolute Gasteiger partial charge is 0.203 e. The Bertz CT molecular complexity index is 841. The molecule has 0 fully saturated rings. The van der Waals surface area contributed by atoms with Gasteiger partial charge in [0.05, 0.1) is 21.3 Å². The molecule has 27 heavy (non-hydrogen) atoms. The van der Waals surface area contributed by atoms with E-state index in [9.17, 15) is 9.59 Å². The predicted molar refractivity (Wildman–Crippen MR) is 101 cm³/mol. The van der Waals surface area contributed by atoms with Crippen molar-refractivity contribution in [1.82, 2.24) is 0 Å². The van der Waals surface area contributed by atoms with E-state index in [0.29, 0.717) is 35.2 Å². The molecular weight excluding hydrogens is 348 g/mol. The normalized spacial score (nSPS) is 10.3. The van der Waals surface area contributed by atoms with Gasteiger partial charge in [0.1, 0.15) is 11.6 Å². The Labute approximate surface area is 159 Å². The van der Waals surface area contributed by atoms with Crippen LogP contribution in [-0.4, -0.2) is 32.9 Å². The van der Waals surface area contributed by atoms with E-state index in [2.05, 4.69) is 0 Å². The second-order valence-corrected chi connectivity index (χ2v) is 6.17. The highest BCUT2D eigenvalue weighted by molar-refractivity contribution is 5.79. The lowest BCUT2D eigenvalue weighted by molar-refractivity contribution is -0.117. The third-order valence-electron chi connectivity index (χ3n) is 3.86. The summed E-state index contributed by atoms with van der Waals surface area (Å²) in [5, 5.41) is 0. The number of ketones is 2. The fraction of sp³-hybridized carbons (Fsp3) is 0.333. The van der Waals surface area contributed by atoms with Gasteiger partial charge in [0.25, 0.3) is 0 Å². The van der Waals surface area contributed by atoms with Gasteiger partial charge in [-0.15, -0.1) is 0 Å². The number of carbonyl (C=O) groups excluding carboxylic acids is 2. The van der Waals surface area contributed by atoms with Crippen molar-refractivity contribution in [3.63, 3.8) is 0 Å². The summed E-state index contributed by atoms with van der Waals surface area (Å²) in [5.74, 6) is 2.34. The Balaban J connectivity index is 2.45. The standard InChI is InChI=1S/C21H24O6/c1-13(22)8-15-6-7-17(18(10-15)24-3)27-20-12-16(9-14(2)23)11-19(25-4)21(20)26-5/h6-7,10-12H,8-9H2,1-5H3. The van der Waals surface area contributed by atoms with Gasteiger partial charge in [-0.3, -0.25) is 9.59 Å². The largest absolute Gasteiger partial charge is 0.493 e. The van der Waals surface area contributed by atoms with Gasteiger partial charge < -0.3 is 18.9 Å². The minimum Gasteiger partial charge on any atom is -0.493 e. The number of benzene rings is 2. The molecule has 0 atom stereocenters. The van der Waals surface area contributed by atoms with E-state index in [1.54, 1.807) is 24.3 Å². The average Bonchev–Trinajstić information content (AvgIpc) is 2.61. The highest BCUT2D eigenvalue weighted by Gasteiger charge is 2.17. The fourth-order valence-corrected chi connectivity index (χ4v) is 2.76. The number of methoxy groups -OCH3 is 3. The molecule has 2 aromatic rings. The Kier molecular flexibility index (Phi) is 6.82. The lowest BCUT2D eigenvalue weighted by Crippen LogP contribution is -2.01. The maximum Gasteiger partial charge on any atom is 0.203 e. The molecule has 0 aliphatic rings. The molecule has 2 aromatic carbocycles. The zero-order chi connectivity index (χ0) is 20.0. The van der Waals surface area contributed by atoms with Crippen molar-refractivity contribution in [3.8, 4) is 28.7 Å². The molecule has 0 spiro atoms. The quantitative estimate of drug-likeness (QED) is 0.667. The van der Waals surface area contributed by atoms with E-state index in [0.717, 1.165) is 11.1 Å². The molecule has 0 saturated heterocycles. The third-order valence-corrected chi connectivity index (χ3v) is 3.86. The second kappa shape index (κ2) is 9.07. The van der Waals surface area contributed by atoms with E-state index in [-0.39, 0.29) is 18.0 Å². The first kappa shape index (κ1) is 20.3. The summed E-state index contributed by atoms with van der Waals surface area (Å²) in [4.78, 5) is 22.8. The molecule has 0 bridgehead atoms. The van der Waals surface area contributed by atoms with Crippen molar-refractivity contribution in [2.75, 3.05) is 21.3 Å². The molecule has 6 nitrogen and oxygen atoms in total. The summed E-state index contributed by atoms with van der Waals surface area (Å²) in [6, 6.07) is 8.80. The molecule has 0 amide bonds. The third kappa shape index (κ3) is 5.23. The van der Waals surface area contributed by atoms with E-state index < -0.39 is 0 Å². The van der Waals surface area contributed by atoms with Crippen LogP contribution in [0.3, 0.4) is 0 Å². The zero-order valence-electron chi connectivity index (χ0n) is 16.3. The molecule has 0 radical (unpaired) electrons. The fourth-order valence-electron chi connectivity index (χ4n) is 2.76. The molecule has 0 N–H and O–H groups in total. The molecule has 0 unspecified atom stereocenters. The van der Waals surface area contributed by atoms with Gasteiger partial charge in [0, 0.05) is 12.8 Å². The topological polar surface area (TPSA) is 71.1 Å². The van der Waals surface area contributed by atoms with Crippen molar-refractivity contribution in [1.29, 1.82) is 0 Å². The molecule has 0 aliphatic heterocycles.